The van der Waals surface area contributed by atoms with Crippen LogP contribution in [0, 0.1) is 21.7 Å². The molecular formula is C11H6F2N2O3S2. The molecule has 1 heterocycles. The quantitative estimate of drug-likeness (QED) is 0.489. The van der Waals surface area contributed by atoms with Crippen LogP contribution in [0.25, 0.3) is 0 Å². The third-order valence-electron chi connectivity index (χ3n) is 2.17. The van der Waals surface area contributed by atoms with Gasteiger partial charge in [0.25, 0.3) is 5.01 Å². The zero-order valence-electron chi connectivity index (χ0n) is 9.92. The van der Waals surface area contributed by atoms with Gasteiger partial charge in [-0.05, 0) is 22.0 Å². The molecule has 2 rings (SSSR count). The highest BCUT2D eigenvalue weighted by Gasteiger charge is 2.26. The lowest BCUT2D eigenvalue weighted by molar-refractivity contribution is -0.391. The van der Waals surface area contributed by atoms with Crippen molar-refractivity contribution in [1.82, 2.24) is 4.98 Å². The summed E-state index contributed by atoms with van der Waals surface area (Å²) in [5.74, 6) is -3.10. The van der Waals surface area contributed by atoms with Crippen LogP contribution in [0.4, 0.5) is 14.6 Å². The van der Waals surface area contributed by atoms with E-state index in [-0.39, 0.29) is 14.1 Å². The maximum atomic E-state index is 13.5. The predicted molar refractivity (Wildman–Crippen MR) is 69.3 cm³/mol. The van der Waals surface area contributed by atoms with Gasteiger partial charge < -0.3 is 10.1 Å². The summed E-state index contributed by atoms with van der Waals surface area (Å²) in [6.45, 7) is 1.22. The molecule has 0 saturated carbocycles. The van der Waals surface area contributed by atoms with Gasteiger partial charge in [-0.15, -0.1) is 0 Å². The SMILES string of the molecule is CC(=O)c1nc([N+](=O)[O-])c(Sc2cccc(F)c2F)s1. The summed E-state index contributed by atoms with van der Waals surface area (Å²) in [7, 11) is 0. The average molecular weight is 316 g/mol. The lowest BCUT2D eigenvalue weighted by atomic mass is 10.3. The van der Waals surface area contributed by atoms with Crippen LogP contribution in [0.1, 0.15) is 16.7 Å². The Kier molecular flexibility index (Phi) is 4.09. The van der Waals surface area contributed by atoms with Crippen molar-refractivity contribution in [2.24, 2.45) is 0 Å². The van der Waals surface area contributed by atoms with E-state index in [0.717, 1.165) is 17.4 Å². The van der Waals surface area contributed by atoms with Gasteiger partial charge in [0.1, 0.15) is 0 Å². The summed E-state index contributed by atoms with van der Waals surface area (Å²) in [6, 6.07) is 3.53. The van der Waals surface area contributed by atoms with Crippen molar-refractivity contribution in [2.45, 2.75) is 16.0 Å². The number of benzene rings is 1. The van der Waals surface area contributed by atoms with Crippen molar-refractivity contribution in [1.29, 1.82) is 0 Å². The maximum Gasteiger partial charge on any atom is 0.389 e. The minimum Gasteiger partial charge on any atom is -0.358 e. The second-order valence-electron chi connectivity index (χ2n) is 3.60. The number of hydrogen-bond acceptors (Lipinski definition) is 6. The van der Waals surface area contributed by atoms with Crippen LogP contribution in [-0.4, -0.2) is 15.7 Å². The first-order valence-corrected chi connectivity index (χ1v) is 6.81. The highest BCUT2D eigenvalue weighted by molar-refractivity contribution is 8.01. The van der Waals surface area contributed by atoms with Gasteiger partial charge in [-0.2, -0.15) is 0 Å². The summed E-state index contributed by atoms with van der Waals surface area (Å²) in [4.78, 5) is 24.8. The zero-order valence-corrected chi connectivity index (χ0v) is 11.6. The van der Waals surface area contributed by atoms with Gasteiger partial charge in [0.15, 0.2) is 15.8 Å². The van der Waals surface area contributed by atoms with E-state index < -0.39 is 28.2 Å². The van der Waals surface area contributed by atoms with E-state index in [1.807, 2.05) is 0 Å². The highest BCUT2D eigenvalue weighted by Crippen LogP contribution is 2.40. The van der Waals surface area contributed by atoms with E-state index in [2.05, 4.69) is 4.98 Å². The van der Waals surface area contributed by atoms with Crippen molar-refractivity contribution in [3.05, 3.63) is 45.0 Å². The molecule has 1 aromatic heterocycles. The second-order valence-corrected chi connectivity index (χ2v) is 5.91. The van der Waals surface area contributed by atoms with Crippen LogP contribution in [-0.2, 0) is 0 Å². The van der Waals surface area contributed by atoms with Crippen LogP contribution >= 0.6 is 23.1 Å². The lowest BCUT2D eigenvalue weighted by Crippen LogP contribution is -1.93. The molecule has 9 heteroatoms. The molecule has 2 aromatic rings. The van der Waals surface area contributed by atoms with E-state index in [9.17, 15) is 23.7 Å². The first-order valence-electron chi connectivity index (χ1n) is 5.18. The second kappa shape index (κ2) is 5.63. The van der Waals surface area contributed by atoms with E-state index in [1.165, 1.54) is 19.1 Å². The number of Topliss-reactive ketones (excluding diaryl/α,β-unsaturated/α-hetero) is 1. The Labute approximate surface area is 119 Å². The maximum absolute atomic E-state index is 13.5. The molecule has 0 N–H and O–H groups in total. The van der Waals surface area contributed by atoms with Crippen molar-refractivity contribution in [3.8, 4) is 0 Å². The molecule has 0 saturated heterocycles. The first-order chi connectivity index (χ1) is 9.40. The Morgan fingerprint density at radius 3 is 2.75 bits per heavy atom. The molecule has 20 heavy (non-hydrogen) atoms. The minimum absolute atomic E-state index is 0.0321. The molecule has 0 unspecified atom stereocenters. The molecule has 0 fully saturated rings. The number of halogens is 2. The topological polar surface area (TPSA) is 73.1 Å². The number of hydrogen-bond donors (Lipinski definition) is 0. The fraction of sp³-hybridized carbons (Fsp3) is 0.0909. The van der Waals surface area contributed by atoms with Gasteiger partial charge in [-0.1, -0.05) is 29.2 Å². The van der Waals surface area contributed by atoms with Crippen molar-refractivity contribution < 1.29 is 18.5 Å². The molecule has 0 aliphatic rings. The van der Waals surface area contributed by atoms with Crippen molar-refractivity contribution in [3.63, 3.8) is 0 Å². The molecule has 104 valence electrons. The molecule has 0 aliphatic carbocycles. The number of ketones is 1. The normalized spacial score (nSPS) is 10.6. The van der Waals surface area contributed by atoms with E-state index in [1.54, 1.807) is 0 Å². The number of thiazole rings is 1. The van der Waals surface area contributed by atoms with E-state index in [4.69, 9.17) is 0 Å². The third-order valence-corrected chi connectivity index (χ3v) is 4.52. The van der Waals surface area contributed by atoms with Crippen LogP contribution in [0.2, 0.25) is 0 Å². The summed E-state index contributed by atoms with van der Waals surface area (Å²) in [6.07, 6.45) is 0. The van der Waals surface area contributed by atoms with Gasteiger partial charge in [-0.3, -0.25) is 4.79 Å². The summed E-state index contributed by atoms with van der Waals surface area (Å²) in [5.41, 5.74) is 0. The number of aromatic nitrogens is 1. The van der Waals surface area contributed by atoms with Crippen LogP contribution < -0.4 is 0 Å². The highest BCUT2D eigenvalue weighted by atomic mass is 32.2. The predicted octanol–water partition coefficient (Wildman–Crippen LogP) is 3.68. The van der Waals surface area contributed by atoms with E-state index >= 15 is 0 Å². The standard InChI is InChI=1S/C11H6F2N2O3S2/c1-5(16)10-14-9(15(17)18)11(20-10)19-7-4-2-3-6(12)8(7)13/h2-4H,1H3. The molecule has 0 amide bonds. The number of rotatable bonds is 4. The summed E-state index contributed by atoms with van der Waals surface area (Å²) < 4.78 is 26.7. The molecule has 0 atom stereocenters. The Balaban J connectivity index is 2.45. The molecule has 0 bridgehead atoms. The molecular weight excluding hydrogens is 310 g/mol. The molecule has 5 nitrogen and oxygen atoms in total. The fourth-order valence-corrected chi connectivity index (χ4v) is 3.37. The van der Waals surface area contributed by atoms with Gasteiger partial charge in [0, 0.05) is 6.92 Å². The zero-order chi connectivity index (χ0) is 14.9. The summed E-state index contributed by atoms with van der Waals surface area (Å²) in [5, 5.41) is 10.8. The van der Waals surface area contributed by atoms with Gasteiger partial charge in [-0.25, -0.2) is 8.78 Å². The van der Waals surface area contributed by atoms with E-state index in [0.29, 0.717) is 11.8 Å². The summed E-state index contributed by atoms with van der Waals surface area (Å²) >= 11 is 1.45. The number of nitrogens with zero attached hydrogens (tertiary/aromatic N) is 2. The van der Waals surface area contributed by atoms with Crippen LogP contribution in [0.3, 0.4) is 0 Å². The number of nitro groups is 1. The Morgan fingerprint density at radius 2 is 2.15 bits per heavy atom. The number of carbonyl (C=O) groups excluding carboxylic acids is 1. The smallest absolute Gasteiger partial charge is 0.358 e. The fourth-order valence-electron chi connectivity index (χ4n) is 1.29. The first kappa shape index (κ1) is 14.5. The van der Waals surface area contributed by atoms with Gasteiger partial charge in [0.2, 0.25) is 5.78 Å². The molecule has 0 spiro atoms. The largest absolute Gasteiger partial charge is 0.389 e. The number of carbonyl (C=O) groups is 1. The third kappa shape index (κ3) is 2.83. The van der Waals surface area contributed by atoms with Gasteiger partial charge >= 0.3 is 5.82 Å². The Bertz CT molecular complexity index is 703. The molecule has 1 aromatic carbocycles. The average Bonchev–Trinajstić information content (AvgIpc) is 2.79. The lowest BCUT2D eigenvalue weighted by Gasteiger charge is -2.00. The Hall–Kier alpha value is -1.87. The minimum atomic E-state index is -1.09. The monoisotopic (exact) mass is 316 g/mol. The van der Waals surface area contributed by atoms with Crippen molar-refractivity contribution in [2.75, 3.05) is 0 Å². The molecule has 0 aliphatic heterocycles. The van der Waals surface area contributed by atoms with Crippen molar-refractivity contribution >= 4 is 34.7 Å². The van der Waals surface area contributed by atoms with Crippen LogP contribution in [0.5, 0.6) is 0 Å². The molecule has 0 radical (unpaired) electrons. The van der Waals surface area contributed by atoms with Crippen LogP contribution in [0.15, 0.2) is 27.3 Å². The Morgan fingerprint density at radius 1 is 1.45 bits per heavy atom. The van der Waals surface area contributed by atoms with Gasteiger partial charge in [0.05, 0.1) is 4.90 Å².